The van der Waals surface area contributed by atoms with Crippen LogP contribution in [0.2, 0.25) is 5.02 Å². The lowest BCUT2D eigenvalue weighted by molar-refractivity contribution is 0.399. The van der Waals surface area contributed by atoms with Crippen LogP contribution in [-0.2, 0) is 0 Å². The predicted molar refractivity (Wildman–Crippen MR) is 73.9 cm³/mol. The van der Waals surface area contributed by atoms with Gasteiger partial charge in [-0.3, -0.25) is 0 Å². The molecule has 0 amide bonds. The van der Waals surface area contributed by atoms with Gasteiger partial charge in [-0.1, -0.05) is 23.2 Å². The molecule has 1 N–H and O–H groups in total. The SMILES string of the molecule is C=C(C)CCC(NC)c1ccc(Cl)cc1OC. The van der Waals surface area contributed by atoms with Gasteiger partial charge >= 0.3 is 0 Å². The molecule has 0 heterocycles. The van der Waals surface area contributed by atoms with Crippen molar-refractivity contribution in [2.24, 2.45) is 0 Å². The third kappa shape index (κ3) is 4.06. The molecule has 2 nitrogen and oxygen atoms in total. The first-order chi connectivity index (χ1) is 8.08. The molecular weight excluding hydrogens is 234 g/mol. The Morgan fingerprint density at radius 3 is 2.76 bits per heavy atom. The summed E-state index contributed by atoms with van der Waals surface area (Å²) in [5, 5.41) is 4.00. The first kappa shape index (κ1) is 14.1. The van der Waals surface area contributed by atoms with Crippen LogP contribution in [0.5, 0.6) is 5.75 Å². The molecule has 1 unspecified atom stereocenters. The first-order valence-electron chi connectivity index (χ1n) is 5.73. The summed E-state index contributed by atoms with van der Waals surface area (Å²) in [6.45, 7) is 5.98. The summed E-state index contributed by atoms with van der Waals surface area (Å²) in [5.41, 5.74) is 2.33. The Kier molecular flexibility index (Phi) is 5.52. The number of ether oxygens (including phenoxy) is 1. The van der Waals surface area contributed by atoms with Gasteiger partial charge in [-0.15, -0.1) is 6.58 Å². The van der Waals surface area contributed by atoms with Crippen LogP contribution < -0.4 is 10.1 Å². The first-order valence-corrected chi connectivity index (χ1v) is 6.11. The Labute approximate surface area is 109 Å². The van der Waals surface area contributed by atoms with Crippen molar-refractivity contribution in [3.63, 3.8) is 0 Å². The minimum Gasteiger partial charge on any atom is -0.496 e. The minimum absolute atomic E-state index is 0.263. The number of hydrogen-bond acceptors (Lipinski definition) is 2. The topological polar surface area (TPSA) is 21.3 Å². The monoisotopic (exact) mass is 253 g/mol. The maximum absolute atomic E-state index is 5.96. The molecular formula is C14H20ClNO. The van der Waals surface area contributed by atoms with E-state index in [9.17, 15) is 0 Å². The highest BCUT2D eigenvalue weighted by atomic mass is 35.5. The van der Waals surface area contributed by atoms with Crippen molar-refractivity contribution < 1.29 is 4.74 Å². The smallest absolute Gasteiger partial charge is 0.125 e. The van der Waals surface area contributed by atoms with Crippen LogP contribution in [-0.4, -0.2) is 14.2 Å². The highest BCUT2D eigenvalue weighted by Gasteiger charge is 2.14. The van der Waals surface area contributed by atoms with Crippen LogP contribution in [0.4, 0.5) is 0 Å². The number of rotatable bonds is 6. The molecule has 94 valence electrons. The molecule has 0 spiro atoms. The van der Waals surface area contributed by atoms with Gasteiger partial charge in [0.15, 0.2) is 0 Å². The van der Waals surface area contributed by atoms with Crippen molar-refractivity contribution in [1.82, 2.24) is 5.32 Å². The minimum atomic E-state index is 0.263. The quantitative estimate of drug-likeness (QED) is 0.775. The van der Waals surface area contributed by atoms with Gasteiger partial charge in [0, 0.05) is 16.6 Å². The fourth-order valence-electron chi connectivity index (χ4n) is 1.82. The van der Waals surface area contributed by atoms with E-state index in [-0.39, 0.29) is 6.04 Å². The van der Waals surface area contributed by atoms with Crippen LogP contribution in [0.25, 0.3) is 0 Å². The van der Waals surface area contributed by atoms with E-state index in [2.05, 4.69) is 11.9 Å². The highest BCUT2D eigenvalue weighted by Crippen LogP contribution is 2.31. The largest absolute Gasteiger partial charge is 0.496 e. The zero-order chi connectivity index (χ0) is 12.8. The van der Waals surface area contributed by atoms with E-state index in [1.165, 1.54) is 5.57 Å². The van der Waals surface area contributed by atoms with E-state index in [0.29, 0.717) is 5.02 Å². The molecule has 1 atom stereocenters. The molecule has 0 aliphatic heterocycles. The van der Waals surface area contributed by atoms with Crippen LogP contribution in [0, 0.1) is 0 Å². The summed E-state index contributed by atoms with van der Waals surface area (Å²) < 4.78 is 5.37. The lowest BCUT2D eigenvalue weighted by atomic mass is 9.99. The molecule has 0 saturated heterocycles. The fourth-order valence-corrected chi connectivity index (χ4v) is 1.98. The van der Waals surface area contributed by atoms with Crippen LogP contribution >= 0.6 is 11.6 Å². The summed E-state index contributed by atoms with van der Waals surface area (Å²) in [5.74, 6) is 0.832. The van der Waals surface area contributed by atoms with Gasteiger partial charge in [0.2, 0.25) is 0 Å². The Morgan fingerprint density at radius 2 is 2.24 bits per heavy atom. The van der Waals surface area contributed by atoms with E-state index in [0.717, 1.165) is 24.2 Å². The number of halogens is 1. The average Bonchev–Trinajstić information content (AvgIpc) is 2.30. The molecule has 17 heavy (non-hydrogen) atoms. The summed E-state index contributed by atoms with van der Waals surface area (Å²) in [4.78, 5) is 0. The Bertz CT molecular complexity index is 390. The summed E-state index contributed by atoms with van der Waals surface area (Å²) in [6, 6.07) is 6.02. The van der Waals surface area contributed by atoms with E-state index >= 15 is 0 Å². The predicted octanol–water partition coefficient (Wildman–Crippen LogP) is 3.97. The van der Waals surface area contributed by atoms with E-state index in [1.54, 1.807) is 7.11 Å². The molecule has 0 radical (unpaired) electrons. The second kappa shape index (κ2) is 6.67. The highest BCUT2D eigenvalue weighted by molar-refractivity contribution is 6.30. The van der Waals surface area contributed by atoms with Gasteiger partial charge < -0.3 is 10.1 Å². The molecule has 1 rings (SSSR count). The molecule has 0 saturated carbocycles. The Balaban J connectivity index is 2.90. The molecule has 0 aliphatic rings. The number of hydrogen-bond donors (Lipinski definition) is 1. The normalized spacial score (nSPS) is 12.2. The lowest BCUT2D eigenvalue weighted by Crippen LogP contribution is -2.17. The third-order valence-corrected chi connectivity index (χ3v) is 3.01. The van der Waals surface area contributed by atoms with E-state index < -0.39 is 0 Å². The molecule has 1 aromatic rings. The fraction of sp³-hybridized carbons (Fsp3) is 0.429. The summed E-state index contributed by atoms with van der Waals surface area (Å²) in [6.07, 6.45) is 2.00. The summed E-state index contributed by atoms with van der Waals surface area (Å²) in [7, 11) is 3.62. The number of allylic oxidation sites excluding steroid dienone is 1. The zero-order valence-corrected chi connectivity index (χ0v) is 11.5. The van der Waals surface area contributed by atoms with Crippen molar-refractivity contribution in [3.05, 3.63) is 40.9 Å². The molecule has 0 aromatic heterocycles. The second-order valence-electron chi connectivity index (χ2n) is 4.22. The number of benzene rings is 1. The molecule has 0 aliphatic carbocycles. The second-order valence-corrected chi connectivity index (χ2v) is 4.66. The average molecular weight is 254 g/mol. The van der Waals surface area contributed by atoms with Gasteiger partial charge in [-0.05, 0) is 38.9 Å². The van der Waals surface area contributed by atoms with E-state index in [4.69, 9.17) is 16.3 Å². The summed E-state index contributed by atoms with van der Waals surface area (Å²) >= 11 is 5.96. The van der Waals surface area contributed by atoms with Gasteiger partial charge in [0.05, 0.1) is 7.11 Å². The van der Waals surface area contributed by atoms with Gasteiger partial charge in [-0.25, -0.2) is 0 Å². The zero-order valence-electron chi connectivity index (χ0n) is 10.7. The van der Waals surface area contributed by atoms with Gasteiger partial charge in [0.1, 0.15) is 5.75 Å². The lowest BCUT2D eigenvalue weighted by Gasteiger charge is -2.19. The maximum Gasteiger partial charge on any atom is 0.125 e. The van der Waals surface area contributed by atoms with Crippen LogP contribution in [0.3, 0.4) is 0 Å². The Hall–Kier alpha value is -0.990. The molecule has 3 heteroatoms. The van der Waals surface area contributed by atoms with Gasteiger partial charge in [-0.2, -0.15) is 0 Å². The van der Waals surface area contributed by atoms with Crippen molar-refractivity contribution in [2.75, 3.05) is 14.2 Å². The van der Waals surface area contributed by atoms with Crippen molar-refractivity contribution in [3.8, 4) is 5.75 Å². The molecule has 1 aromatic carbocycles. The van der Waals surface area contributed by atoms with Crippen molar-refractivity contribution in [2.45, 2.75) is 25.8 Å². The molecule has 0 fully saturated rings. The van der Waals surface area contributed by atoms with Crippen molar-refractivity contribution in [1.29, 1.82) is 0 Å². The maximum atomic E-state index is 5.96. The Morgan fingerprint density at radius 1 is 1.53 bits per heavy atom. The van der Waals surface area contributed by atoms with Crippen LogP contribution in [0.1, 0.15) is 31.4 Å². The van der Waals surface area contributed by atoms with Crippen molar-refractivity contribution >= 4 is 11.6 Å². The number of methoxy groups -OCH3 is 1. The number of nitrogens with one attached hydrogen (secondary N) is 1. The third-order valence-electron chi connectivity index (χ3n) is 2.78. The standard InChI is InChI=1S/C14H20ClNO/c1-10(2)5-8-13(16-3)12-7-6-11(15)9-14(12)17-4/h6-7,9,13,16H,1,5,8H2,2-4H3. The molecule has 0 bridgehead atoms. The van der Waals surface area contributed by atoms with E-state index in [1.807, 2.05) is 32.2 Å². The van der Waals surface area contributed by atoms with Crippen LogP contribution in [0.15, 0.2) is 30.4 Å². The van der Waals surface area contributed by atoms with Gasteiger partial charge in [0.25, 0.3) is 0 Å².